The van der Waals surface area contributed by atoms with E-state index in [1.807, 2.05) is 41.0 Å². The maximum Gasteiger partial charge on any atom is 0.263 e. The van der Waals surface area contributed by atoms with Crippen molar-refractivity contribution < 1.29 is 14.3 Å². The predicted octanol–water partition coefficient (Wildman–Crippen LogP) is 1.96. The Hall–Kier alpha value is -1.79. The van der Waals surface area contributed by atoms with Gasteiger partial charge in [0.1, 0.15) is 5.75 Å². The van der Waals surface area contributed by atoms with E-state index in [2.05, 4.69) is 12.2 Å². The molecule has 2 aliphatic rings. The summed E-state index contributed by atoms with van der Waals surface area (Å²) in [5.41, 5.74) is 1.10. The van der Waals surface area contributed by atoms with Crippen molar-refractivity contribution in [3.63, 3.8) is 0 Å². The Morgan fingerprint density at radius 2 is 1.64 bits per heavy atom. The fraction of sp³-hybridized carbons (Fsp3) is 0.619. The van der Waals surface area contributed by atoms with Crippen molar-refractivity contribution in [1.82, 2.24) is 15.1 Å². The summed E-state index contributed by atoms with van der Waals surface area (Å²) in [6.07, 6.45) is 0.340. The van der Waals surface area contributed by atoms with Gasteiger partial charge in [-0.15, -0.1) is 12.4 Å². The first-order valence-corrected chi connectivity index (χ1v) is 10.0. The van der Waals surface area contributed by atoms with E-state index in [9.17, 15) is 9.59 Å². The molecule has 1 aromatic rings. The highest BCUT2D eigenvalue weighted by atomic mass is 35.5. The van der Waals surface area contributed by atoms with Crippen LogP contribution in [0.2, 0.25) is 0 Å². The number of piperazine rings is 1. The van der Waals surface area contributed by atoms with E-state index >= 15 is 0 Å². The molecule has 6 nitrogen and oxygen atoms in total. The van der Waals surface area contributed by atoms with Crippen molar-refractivity contribution in [2.24, 2.45) is 11.8 Å². The van der Waals surface area contributed by atoms with E-state index in [1.54, 1.807) is 6.92 Å². The maximum atomic E-state index is 12.8. The third-order valence-corrected chi connectivity index (χ3v) is 5.82. The Morgan fingerprint density at radius 3 is 2.18 bits per heavy atom. The molecule has 1 N–H and O–H groups in total. The normalized spacial score (nSPS) is 19.2. The minimum absolute atomic E-state index is 0. The molecule has 0 bridgehead atoms. The Labute approximate surface area is 174 Å². The number of rotatable bonds is 6. The zero-order chi connectivity index (χ0) is 19.4. The van der Waals surface area contributed by atoms with Crippen molar-refractivity contribution in [2.75, 3.05) is 39.3 Å². The summed E-state index contributed by atoms with van der Waals surface area (Å²) in [6.45, 7) is 10.1. The largest absolute Gasteiger partial charge is 0.481 e. The predicted molar refractivity (Wildman–Crippen MR) is 112 cm³/mol. The molecule has 2 unspecified atom stereocenters. The van der Waals surface area contributed by atoms with Gasteiger partial charge in [0.25, 0.3) is 5.91 Å². The minimum Gasteiger partial charge on any atom is -0.481 e. The molecule has 0 spiro atoms. The molecule has 0 radical (unpaired) electrons. The van der Waals surface area contributed by atoms with Crippen molar-refractivity contribution in [3.05, 3.63) is 29.8 Å². The number of amides is 2. The quantitative estimate of drug-likeness (QED) is 0.780. The summed E-state index contributed by atoms with van der Waals surface area (Å²) >= 11 is 0. The number of aryl methyl sites for hydroxylation is 1. The average molecular weight is 410 g/mol. The maximum absolute atomic E-state index is 12.8. The van der Waals surface area contributed by atoms with Gasteiger partial charge in [-0.25, -0.2) is 0 Å². The van der Waals surface area contributed by atoms with Crippen LogP contribution in [0.3, 0.4) is 0 Å². The fourth-order valence-corrected chi connectivity index (χ4v) is 3.71. The third-order valence-electron chi connectivity index (χ3n) is 5.82. The lowest BCUT2D eigenvalue weighted by molar-refractivity contribution is -0.146. The number of halogens is 1. The van der Waals surface area contributed by atoms with Crippen LogP contribution in [-0.2, 0) is 16.0 Å². The zero-order valence-electron chi connectivity index (χ0n) is 17.0. The van der Waals surface area contributed by atoms with E-state index < -0.39 is 6.10 Å². The second-order valence-corrected chi connectivity index (χ2v) is 7.58. The summed E-state index contributed by atoms with van der Waals surface area (Å²) in [6, 6.07) is 7.84. The molecule has 0 aliphatic carbocycles. The van der Waals surface area contributed by atoms with Crippen LogP contribution in [0.5, 0.6) is 5.75 Å². The number of carbonyl (C=O) groups is 2. The van der Waals surface area contributed by atoms with Crippen LogP contribution < -0.4 is 10.1 Å². The lowest BCUT2D eigenvalue weighted by Crippen LogP contribution is -2.56. The number of para-hydroxylation sites is 1. The molecule has 28 heavy (non-hydrogen) atoms. The molecule has 2 fully saturated rings. The number of nitrogens with one attached hydrogen (secondary N) is 1. The van der Waals surface area contributed by atoms with Gasteiger partial charge in [-0.2, -0.15) is 0 Å². The van der Waals surface area contributed by atoms with Crippen LogP contribution in [-0.4, -0.2) is 67.0 Å². The molecule has 3 rings (SSSR count). The van der Waals surface area contributed by atoms with E-state index in [4.69, 9.17) is 4.74 Å². The van der Waals surface area contributed by atoms with Gasteiger partial charge in [0, 0.05) is 32.1 Å². The Kier molecular flexibility index (Phi) is 8.13. The Balaban J connectivity index is 0.00000280. The first-order chi connectivity index (χ1) is 13.0. The molecular formula is C21H32ClN3O3. The van der Waals surface area contributed by atoms with Gasteiger partial charge in [0.15, 0.2) is 6.10 Å². The fourth-order valence-electron chi connectivity index (χ4n) is 3.71. The number of ether oxygens (including phenoxy) is 1. The first kappa shape index (κ1) is 22.5. The average Bonchev–Trinajstić information content (AvgIpc) is 2.66. The summed E-state index contributed by atoms with van der Waals surface area (Å²) in [7, 11) is 0. The highest BCUT2D eigenvalue weighted by Gasteiger charge is 2.34. The van der Waals surface area contributed by atoms with E-state index in [1.165, 1.54) is 0 Å². The van der Waals surface area contributed by atoms with Crippen LogP contribution >= 0.6 is 12.4 Å². The summed E-state index contributed by atoms with van der Waals surface area (Å²) in [4.78, 5) is 29.1. The smallest absolute Gasteiger partial charge is 0.263 e. The van der Waals surface area contributed by atoms with Crippen molar-refractivity contribution >= 4 is 24.2 Å². The topological polar surface area (TPSA) is 61.9 Å². The molecule has 7 heteroatoms. The molecule has 0 saturated carbocycles. The van der Waals surface area contributed by atoms with Gasteiger partial charge in [-0.1, -0.05) is 32.0 Å². The standard InChI is InChI=1S/C21H31N3O3.ClH/c1-4-17-7-5-6-8-19(17)27-16(3)21(26)24-11-9-23(10-12-24)20(25)15(2)18-13-22-14-18;/h5-8,15-16,18,22H,4,9-14H2,1-3H3;1H. The molecule has 0 aromatic heterocycles. The van der Waals surface area contributed by atoms with Crippen molar-refractivity contribution in [3.8, 4) is 5.75 Å². The number of carbonyl (C=O) groups excluding carboxylic acids is 2. The lowest BCUT2D eigenvalue weighted by Gasteiger charge is -2.39. The highest BCUT2D eigenvalue weighted by molar-refractivity contribution is 5.85. The molecule has 2 saturated heterocycles. The van der Waals surface area contributed by atoms with Gasteiger partial charge in [0.05, 0.1) is 0 Å². The zero-order valence-corrected chi connectivity index (χ0v) is 17.8. The SMILES string of the molecule is CCc1ccccc1OC(C)C(=O)N1CCN(C(=O)C(C)C2CNC2)CC1.Cl. The summed E-state index contributed by atoms with van der Waals surface area (Å²) in [5, 5.41) is 3.22. The summed E-state index contributed by atoms with van der Waals surface area (Å²) < 4.78 is 5.94. The number of benzene rings is 1. The second-order valence-electron chi connectivity index (χ2n) is 7.58. The van der Waals surface area contributed by atoms with E-state index in [0.717, 1.165) is 30.8 Å². The lowest BCUT2D eigenvalue weighted by atomic mass is 9.88. The van der Waals surface area contributed by atoms with E-state index in [0.29, 0.717) is 32.1 Å². The molecule has 1 aromatic carbocycles. The van der Waals surface area contributed by atoms with Gasteiger partial charge < -0.3 is 19.9 Å². The highest BCUT2D eigenvalue weighted by Crippen LogP contribution is 2.22. The molecule has 156 valence electrons. The van der Waals surface area contributed by atoms with Crippen LogP contribution in [0.4, 0.5) is 0 Å². The van der Waals surface area contributed by atoms with Gasteiger partial charge in [-0.05, 0) is 44.0 Å². The van der Waals surface area contributed by atoms with E-state index in [-0.39, 0.29) is 30.1 Å². The van der Waals surface area contributed by atoms with Crippen molar-refractivity contribution in [2.45, 2.75) is 33.3 Å². The number of nitrogens with zero attached hydrogens (tertiary/aromatic N) is 2. The molecule has 2 atom stereocenters. The van der Waals surface area contributed by atoms with Crippen molar-refractivity contribution in [1.29, 1.82) is 0 Å². The number of hydrogen-bond donors (Lipinski definition) is 1. The van der Waals surface area contributed by atoms with Gasteiger partial charge in [-0.3, -0.25) is 9.59 Å². The van der Waals surface area contributed by atoms with Crippen LogP contribution in [0, 0.1) is 11.8 Å². The van der Waals surface area contributed by atoms with Crippen LogP contribution in [0.15, 0.2) is 24.3 Å². The minimum atomic E-state index is -0.528. The summed E-state index contributed by atoms with van der Waals surface area (Å²) in [5.74, 6) is 1.49. The Bertz CT molecular complexity index is 673. The molecular weight excluding hydrogens is 378 g/mol. The van der Waals surface area contributed by atoms with Gasteiger partial charge in [0.2, 0.25) is 5.91 Å². The van der Waals surface area contributed by atoms with Gasteiger partial charge >= 0.3 is 0 Å². The number of hydrogen-bond acceptors (Lipinski definition) is 4. The molecule has 2 heterocycles. The third kappa shape index (κ3) is 4.97. The molecule has 2 amide bonds. The van der Waals surface area contributed by atoms with Crippen LogP contribution in [0.25, 0.3) is 0 Å². The van der Waals surface area contributed by atoms with Crippen LogP contribution in [0.1, 0.15) is 26.3 Å². The monoisotopic (exact) mass is 409 g/mol. The second kappa shape index (κ2) is 10.1. The Morgan fingerprint density at radius 1 is 1.07 bits per heavy atom. The molecule has 2 aliphatic heterocycles. The first-order valence-electron chi connectivity index (χ1n) is 10.0.